The van der Waals surface area contributed by atoms with Gasteiger partial charge in [0, 0.05) is 12.6 Å². The highest BCUT2D eigenvalue weighted by Crippen LogP contribution is 2.17. The average Bonchev–Trinajstić information content (AvgIpc) is 2.77. The molecule has 1 aliphatic heterocycles. The van der Waals surface area contributed by atoms with Crippen LogP contribution in [0.25, 0.3) is 0 Å². The fourth-order valence-electron chi connectivity index (χ4n) is 2.06. The summed E-state index contributed by atoms with van der Waals surface area (Å²) in [4.78, 5) is 0. The third-order valence-corrected chi connectivity index (χ3v) is 3.92. The van der Waals surface area contributed by atoms with Crippen LogP contribution in [0.2, 0.25) is 0 Å². The molecule has 1 aliphatic rings. The Labute approximate surface area is 98.5 Å². The molecule has 0 radical (unpaired) electrons. The van der Waals surface area contributed by atoms with E-state index >= 15 is 0 Å². The smallest absolute Gasteiger partial charge is 0.0728 e. The van der Waals surface area contributed by atoms with Crippen LogP contribution in [0.3, 0.4) is 0 Å². The molecule has 90 valence electrons. The van der Waals surface area contributed by atoms with Crippen LogP contribution in [0.15, 0.2) is 0 Å². The molecule has 1 fully saturated rings. The van der Waals surface area contributed by atoms with Gasteiger partial charge in [0.05, 0.1) is 6.10 Å². The molecule has 0 spiro atoms. The molecular weight excluding hydrogens is 206 g/mol. The molecule has 0 aromatic rings. The number of ether oxygens (including phenoxy) is 1. The molecule has 0 amide bonds. The Kier molecular flexibility index (Phi) is 7.49. The lowest BCUT2D eigenvalue weighted by Crippen LogP contribution is -2.39. The number of hydrogen-bond acceptors (Lipinski definition) is 3. The van der Waals surface area contributed by atoms with Crippen molar-refractivity contribution in [3.8, 4) is 0 Å². The Balaban J connectivity index is 2.05. The molecule has 1 N–H and O–H groups in total. The van der Waals surface area contributed by atoms with Crippen LogP contribution in [0.4, 0.5) is 0 Å². The monoisotopic (exact) mass is 231 g/mol. The maximum atomic E-state index is 5.72. The Morgan fingerprint density at radius 1 is 1.47 bits per heavy atom. The summed E-state index contributed by atoms with van der Waals surface area (Å²) in [5.41, 5.74) is 0. The SMILES string of the molecule is CCSCCCNC(CC)C1CCCO1. The number of nitrogens with one attached hydrogen (secondary N) is 1. The molecule has 3 heteroatoms. The molecule has 2 atom stereocenters. The zero-order valence-corrected chi connectivity index (χ0v) is 10.9. The lowest BCUT2D eigenvalue weighted by atomic mass is 10.1. The van der Waals surface area contributed by atoms with Gasteiger partial charge in [-0.2, -0.15) is 11.8 Å². The maximum Gasteiger partial charge on any atom is 0.0728 e. The van der Waals surface area contributed by atoms with Gasteiger partial charge in [-0.3, -0.25) is 0 Å². The van der Waals surface area contributed by atoms with Crippen molar-refractivity contribution in [1.29, 1.82) is 0 Å². The van der Waals surface area contributed by atoms with Crippen LogP contribution in [0.5, 0.6) is 0 Å². The van der Waals surface area contributed by atoms with Crippen LogP contribution in [-0.4, -0.2) is 36.8 Å². The summed E-state index contributed by atoms with van der Waals surface area (Å²) in [6, 6.07) is 0.583. The molecule has 0 aliphatic carbocycles. The van der Waals surface area contributed by atoms with E-state index in [1.165, 1.54) is 37.2 Å². The van der Waals surface area contributed by atoms with Crippen molar-refractivity contribution < 1.29 is 4.74 Å². The second-order valence-corrected chi connectivity index (χ2v) is 5.46. The average molecular weight is 231 g/mol. The highest BCUT2D eigenvalue weighted by Gasteiger charge is 2.23. The number of thioether (sulfide) groups is 1. The van der Waals surface area contributed by atoms with Gasteiger partial charge in [0.25, 0.3) is 0 Å². The largest absolute Gasteiger partial charge is 0.377 e. The molecule has 2 nitrogen and oxygen atoms in total. The quantitative estimate of drug-likeness (QED) is 0.649. The molecule has 0 saturated carbocycles. The Hall–Kier alpha value is 0.270. The van der Waals surface area contributed by atoms with Crippen molar-refractivity contribution in [3.05, 3.63) is 0 Å². The van der Waals surface area contributed by atoms with E-state index < -0.39 is 0 Å². The van der Waals surface area contributed by atoms with Crippen LogP contribution >= 0.6 is 11.8 Å². The Morgan fingerprint density at radius 3 is 2.93 bits per heavy atom. The number of hydrogen-bond donors (Lipinski definition) is 1. The van der Waals surface area contributed by atoms with E-state index in [2.05, 4.69) is 19.2 Å². The first-order chi connectivity index (χ1) is 7.38. The summed E-state index contributed by atoms with van der Waals surface area (Å²) >= 11 is 2.03. The van der Waals surface area contributed by atoms with E-state index in [1.807, 2.05) is 11.8 Å². The molecule has 0 aromatic heterocycles. The summed E-state index contributed by atoms with van der Waals surface area (Å²) in [6.45, 7) is 6.58. The zero-order valence-electron chi connectivity index (χ0n) is 10.1. The normalized spacial score (nSPS) is 23.2. The van der Waals surface area contributed by atoms with Crippen LogP contribution in [0, 0.1) is 0 Å². The number of rotatable bonds is 8. The van der Waals surface area contributed by atoms with E-state index in [-0.39, 0.29) is 0 Å². The molecule has 0 aromatic carbocycles. The predicted octanol–water partition coefficient (Wildman–Crippen LogP) is 2.68. The fourth-order valence-corrected chi connectivity index (χ4v) is 2.70. The topological polar surface area (TPSA) is 21.3 Å². The maximum absolute atomic E-state index is 5.72. The van der Waals surface area contributed by atoms with Crippen LogP contribution in [0.1, 0.15) is 39.5 Å². The summed E-state index contributed by atoms with van der Waals surface area (Å²) in [7, 11) is 0. The first-order valence-corrected chi connectivity index (χ1v) is 7.46. The summed E-state index contributed by atoms with van der Waals surface area (Å²) < 4.78 is 5.72. The van der Waals surface area contributed by atoms with E-state index in [1.54, 1.807) is 0 Å². The van der Waals surface area contributed by atoms with Crippen molar-refractivity contribution >= 4 is 11.8 Å². The lowest BCUT2D eigenvalue weighted by molar-refractivity contribution is 0.0772. The second kappa shape index (κ2) is 8.43. The molecule has 2 unspecified atom stereocenters. The van der Waals surface area contributed by atoms with Gasteiger partial charge in [0.15, 0.2) is 0 Å². The third-order valence-electron chi connectivity index (χ3n) is 2.93. The molecule has 1 saturated heterocycles. The molecular formula is C12H25NOS. The molecule has 1 rings (SSSR count). The van der Waals surface area contributed by atoms with Crippen molar-refractivity contribution in [2.45, 2.75) is 51.7 Å². The van der Waals surface area contributed by atoms with Gasteiger partial charge < -0.3 is 10.1 Å². The first-order valence-electron chi connectivity index (χ1n) is 6.31. The summed E-state index contributed by atoms with van der Waals surface area (Å²) in [5.74, 6) is 2.52. The third kappa shape index (κ3) is 5.23. The minimum atomic E-state index is 0.480. The van der Waals surface area contributed by atoms with Gasteiger partial charge in [-0.1, -0.05) is 13.8 Å². The van der Waals surface area contributed by atoms with Gasteiger partial charge in [0.2, 0.25) is 0 Å². The van der Waals surface area contributed by atoms with Crippen molar-refractivity contribution in [3.63, 3.8) is 0 Å². The minimum absolute atomic E-state index is 0.480. The van der Waals surface area contributed by atoms with Gasteiger partial charge in [0.1, 0.15) is 0 Å². The van der Waals surface area contributed by atoms with Gasteiger partial charge in [-0.25, -0.2) is 0 Å². The summed E-state index contributed by atoms with van der Waals surface area (Å²) in [6.07, 6.45) is 5.44. The van der Waals surface area contributed by atoms with Crippen molar-refractivity contribution in [2.75, 3.05) is 24.7 Å². The van der Waals surface area contributed by atoms with Gasteiger partial charge in [-0.05, 0) is 43.7 Å². The summed E-state index contributed by atoms with van der Waals surface area (Å²) in [5, 5.41) is 3.63. The standard InChI is InChI=1S/C12H25NOS/c1-3-11(12-7-5-9-14-12)13-8-6-10-15-4-2/h11-13H,3-10H2,1-2H3. The molecule has 15 heavy (non-hydrogen) atoms. The predicted molar refractivity (Wildman–Crippen MR) is 68.7 cm³/mol. The minimum Gasteiger partial charge on any atom is -0.377 e. The van der Waals surface area contributed by atoms with E-state index in [4.69, 9.17) is 4.74 Å². The van der Waals surface area contributed by atoms with Crippen molar-refractivity contribution in [1.82, 2.24) is 5.32 Å². The van der Waals surface area contributed by atoms with Gasteiger partial charge in [-0.15, -0.1) is 0 Å². The first kappa shape index (κ1) is 13.3. The lowest BCUT2D eigenvalue weighted by Gasteiger charge is -2.22. The molecule has 0 bridgehead atoms. The van der Waals surface area contributed by atoms with Gasteiger partial charge >= 0.3 is 0 Å². The Bertz CT molecular complexity index is 149. The second-order valence-electron chi connectivity index (χ2n) is 4.07. The van der Waals surface area contributed by atoms with E-state index in [0.717, 1.165) is 13.2 Å². The van der Waals surface area contributed by atoms with Crippen molar-refractivity contribution in [2.24, 2.45) is 0 Å². The molecule has 1 heterocycles. The fraction of sp³-hybridized carbons (Fsp3) is 1.00. The van der Waals surface area contributed by atoms with Crippen LogP contribution < -0.4 is 5.32 Å². The van der Waals surface area contributed by atoms with E-state index in [9.17, 15) is 0 Å². The van der Waals surface area contributed by atoms with E-state index in [0.29, 0.717) is 12.1 Å². The highest BCUT2D eigenvalue weighted by atomic mass is 32.2. The van der Waals surface area contributed by atoms with Crippen LogP contribution in [-0.2, 0) is 4.74 Å². The Morgan fingerprint density at radius 2 is 2.33 bits per heavy atom. The highest BCUT2D eigenvalue weighted by molar-refractivity contribution is 7.99. The zero-order chi connectivity index (χ0) is 10.9.